The van der Waals surface area contributed by atoms with Gasteiger partial charge in [-0.15, -0.1) is 0 Å². The van der Waals surface area contributed by atoms with Gasteiger partial charge < -0.3 is 49.6 Å². The van der Waals surface area contributed by atoms with Crippen LogP contribution in [-0.4, -0.2) is 105 Å². The van der Waals surface area contributed by atoms with Crippen LogP contribution in [0.3, 0.4) is 0 Å². The van der Waals surface area contributed by atoms with Crippen LogP contribution >= 0.6 is 0 Å². The lowest BCUT2D eigenvalue weighted by molar-refractivity contribution is -0.374. The lowest BCUT2D eigenvalue weighted by atomic mass is 9.46. The first-order valence-corrected chi connectivity index (χ1v) is 16.6. The summed E-state index contributed by atoms with van der Waals surface area (Å²) in [5.41, 5.74) is 0.326. The van der Waals surface area contributed by atoms with E-state index in [0.29, 0.717) is 41.6 Å². The predicted octanol–water partition coefficient (Wildman–Crippen LogP) is 1.17. The van der Waals surface area contributed by atoms with E-state index in [9.17, 15) is 30.6 Å². The molecule has 0 radical (unpaired) electrons. The number of hydrogen-bond acceptors (Lipinski definition) is 10. The lowest BCUT2D eigenvalue weighted by Gasteiger charge is -2.59. The molecule has 240 valence electrons. The van der Waals surface area contributed by atoms with Crippen LogP contribution < -0.4 is 0 Å². The first-order valence-electron chi connectivity index (χ1n) is 16.6. The van der Waals surface area contributed by atoms with Gasteiger partial charge in [0, 0.05) is 11.8 Å². The van der Waals surface area contributed by atoms with Gasteiger partial charge in [-0.3, -0.25) is 0 Å². The number of ether oxygens (including phenoxy) is 4. The molecule has 0 bridgehead atoms. The van der Waals surface area contributed by atoms with Crippen LogP contribution in [0.1, 0.15) is 72.1 Å². The molecule has 19 atom stereocenters. The van der Waals surface area contributed by atoms with Crippen molar-refractivity contribution in [1.29, 1.82) is 0 Å². The molecule has 7 aliphatic rings. The lowest BCUT2D eigenvalue weighted by Crippen LogP contribution is -2.65. The summed E-state index contributed by atoms with van der Waals surface area (Å²) in [5, 5.41) is 62.9. The largest absolute Gasteiger partial charge is 0.394 e. The molecule has 3 aliphatic heterocycles. The monoisotopic (exact) mass is 596 g/mol. The standard InChI is InChI=1S/C32H52O10/c1-14-13-39-32(29(38)28(14)41-30-27(37)26(36)25(35)23(12-33)40-30)15(2)24-19-6-7-21-18(20(19)11-22(24)42-32)5-4-16-10-17(34)8-9-31(16,21)3/h14-30,33-38H,4-13H2,1-3H3/t14-,15-,16-,17-,18-,19+,20-,21-,22-,23+,24+,25+,26-,27+,28+,29-,30-,31-,32-/m0/s1. The van der Waals surface area contributed by atoms with Crippen LogP contribution in [0, 0.1) is 52.8 Å². The van der Waals surface area contributed by atoms with Crippen molar-refractivity contribution in [3.8, 4) is 0 Å². The van der Waals surface area contributed by atoms with Crippen LogP contribution in [0.5, 0.6) is 0 Å². The highest BCUT2D eigenvalue weighted by atomic mass is 16.7. The van der Waals surface area contributed by atoms with Gasteiger partial charge in [0.05, 0.1) is 31.5 Å². The van der Waals surface area contributed by atoms with Gasteiger partial charge in [0.1, 0.15) is 30.5 Å². The fourth-order valence-corrected chi connectivity index (χ4v) is 11.4. The summed E-state index contributed by atoms with van der Waals surface area (Å²) >= 11 is 0. The molecule has 1 spiro atoms. The first kappa shape index (κ1) is 30.3. The van der Waals surface area contributed by atoms with Gasteiger partial charge in [0.25, 0.3) is 0 Å². The topological polar surface area (TPSA) is 158 Å². The molecule has 7 fully saturated rings. The van der Waals surface area contributed by atoms with E-state index >= 15 is 0 Å². The highest BCUT2D eigenvalue weighted by molar-refractivity contribution is 5.13. The third-order valence-corrected chi connectivity index (χ3v) is 13.6. The second-order valence-corrected chi connectivity index (χ2v) is 15.4. The number of fused-ring (bicyclic) bond motifs is 7. The number of aliphatic hydroxyl groups excluding tert-OH is 6. The van der Waals surface area contributed by atoms with Crippen LogP contribution in [0.4, 0.5) is 0 Å². The quantitative estimate of drug-likeness (QED) is 0.279. The molecule has 3 heterocycles. The fourth-order valence-electron chi connectivity index (χ4n) is 11.4. The second kappa shape index (κ2) is 10.9. The Kier molecular flexibility index (Phi) is 7.82. The summed E-state index contributed by atoms with van der Waals surface area (Å²) in [6.07, 6.45) is -0.210. The zero-order valence-corrected chi connectivity index (χ0v) is 25.2. The maximum Gasteiger partial charge on any atom is 0.200 e. The van der Waals surface area contributed by atoms with Crippen molar-refractivity contribution in [2.24, 2.45) is 52.8 Å². The molecule has 0 aromatic carbocycles. The summed E-state index contributed by atoms with van der Waals surface area (Å²) in [5.74, 6) is 1.92. The van der Waals surface area contributed by atoms with Crippen molar-refractivity contribution in [2.45, 2.75) is 133 Å². The van der Waals surface area contributed by atoms with Gasteiger partial charge in [-0.1, -0.05) is 20.8 Å². The Balaban J connectivity index is 1.07. The zero-order valence-electron chi connectivity index (χ0n) is 25.2. The summed E-state index contributed by atoms with van der Waals surface area (Å²) in [6, 6.07) is 0. The first-order chi connectivity index (χ1) is 20.0. The molecule has 10 nitrogen and oxygen atoms in total. The minimum absolute atomic E-state index is 0.00317. The Morgan fingerprint density at radius 3 is 2.38 bits per heavy atom. The third-order valence-electron chi connectivity index (χ3n) is 13.6. The molecule has 3 saturated heterocycles. The number of rotatable bonds is 3. The molecule has 0 aromatic heterocycles. The van der Waals surface area contributed by atoms with Crippen molar-refractivity contribution >= 4 is 0 Å². The Bertz CT molecular complexity index is 996. The van der Waals surface area contributed by atoms with Gasteiger partial charge in [0.2, 0.25) is 0 Å². The van der Waals surface area contributed by atoms with Crippen molar-refractivity contribution in [3.05, 3.63) is 0 Å². The molecule has 0 aromatic rings. The van der Waals surface area contributed by atoms with Gasteiger partial charge in [-0.05, 0) is 92.3 Å². The Hall–Kier alpha value is -0.400. The highest BCUT2D eigenvalue weighted by Crippen LogP contribution is 2.67. The van der Waals surface area contributed by atoms with Crippen molar-refractivity contribution < 1.29 is 49.6 Å². The molecule has 4 aliphatic carbocycles. The van der Waals surface area contributed by atoms with Crippen LogP contribution in [0.25, 0.3) is 0 Å². The van der Waals surface area contributed by atoms with Gasteiger partial charge in [-0.25, -0.2) is 0 Å². The maximum absolute atomic E-state index is 11.8. The summed E-state index contributed by atoms with van der Waals surface area (Å²) in [7, 11) is 0. The number of hydrogen-bond donors (Lipinski definition) is 6. The summed E-state index contributed by atoms with van der Waals surface area (Å²) < 4.78 is 25.0. The molecule has 10 heteroatoms. The van der Waals surface area contributed by atoms with Gasteiger partial charge in [0.15, 0.2) is 12.1 Å². The zero-order chi connectivity index (χ0) is 29.7. The molecule has 6 N–H and O–H groups in total. The normalized spacial score (nSPS) is 60.9. The fraction of sp³-hybridized carbons (Fsp3) is 1.00. The Morgan fingerprint density at radius 2 is 1.62 bits per heavy atom. The summed E-state index contributed by atoms with van der Waals surface area (Å²) in [4.78, 5) is 0. The van der Waals surface area contributed by atoms with Crippen molar-refractivity contribution in [1.82, 2.24) is 0 Å². The van der Waals surface area contributed by atoms with Crippen LogP contribution in [-0.2, 0) is 18.9 Å². The molecule has 4 saturated carbocycles. The molecule has 0 amide bonds. The average Bonchev–Trinajstić information content (AvgIpc) is 3.47. The van der Waals surface area contributed by atoms with Crippen molar-refractivity contribution in [3.63, 3.8) is 0 Å². The van der Waals surface area contributed by atoms with Crippen LogP contribution in [0.15, 0.2) is 0 Å². The molecule has 0 unspecified atom stereocenters. The van der Waals surface area contributed by atoms with E-state index in [1.165, 1.54) is 25.7 Å². The van der Waals surface area contributed by atoms with E-state index in [0.717, 1.165) is 25.7 Å². The van der Waals surface area contributed by atoms with Crippen molar-refractivity contribution in [2.75, 3.05) is 13.2 Å². The van der Waals surface area contributed by atoms with E-state index in [2.05, 4.69) is 13.8 Å². The van der Waals surface area contributed by atoms with Gasteiger partial charge in [-0.2, -0.15) is 0 Å². The van der Waals surface area contributed by atoms with E-state index in [1.807, 2.05) is 6.92 Å². The van der Waals surface area contributed by atoms with E-state index in [4.69, 9.17) is 18.9 Å². The van der Waals surface area contributed by atoms with E-state index in [-0.39, 0.29) is 30.0 Å². The van der Waals surface area contributed by atoms with E-state index in [1.54, 1.807) is 0 Å². The molecule has 42 heavy (non-hydrogen) atoms. The Labute approximate surface area is 248 Å². The number of aliphatic hydroxyl groups is 6. The van der Waals surface area contributed by atoms with E-state index < -0.39 is 55.3 Å². The second-order valence-electron chi connectivity index (χ2n) is 15.4. The Morgan fingerprint density at radius 1 is 0.857 bits per heavy atom. The minimum atomic E-state index is -1.55. The SMILES string of the molecule is C[C@H]1CO[C@@]2(O[C@H]3C[C@@H]4[C@@H](CC[C@H]5[C@H]4CC[C@H]4C[C@@H](O)CC[C@@]45C)[C@H]3[C@@H]2C)[C@@H](O)[C@@H]1O[C@@H]1O[C@H](CO)[C@@H](O)[C@H](O)[C@H]1O. The predicted molar refractivity (Wildman–Crippen MR) is 149 cm³/mol. The maximum atomic E-state index is 11.8. The smallest absolute Gasteiger partial charge is 0.200 e. The minimum Gasteiger partial charge on any atom is -0.394 e. The molecular weight excluding hydrogens is 544 g/mol. The molecular formula is C32H52O10. The highest BCUT2D eigenvalue weighted by Gasteiger charge is 2.68. The summed E-state index contributed by atoms with van der Waals surface area (Å²) in [6.45, 7) is 6.30. The third kappa shape index (κ3) is 4.34. The molecule has 7 rings (SSSR count). The average molecular weight is 597 g/mol. The van der Waals surface area contributed by atoms with Gasteiger partial charge >= 0.3 is 0 Å². The van der Waals surface area contributed by atoms with Crippen LogP contribution in [0.2, 0.25) is 0 Å².